The third-order valence-corrected chi connectivity index (χ3v) is 9.04. The number of benzene rings is 3. The Morgan fingerprint density at radius 1 is 0.909 bits per heavy atom. The number of anilines is 1. The summed E-state index contributed by atoms with van der Waals surface area (Å²) in [5, 5.41) is 3.13. The van der Waals surface area contributed by atoms with Crippen LogP contribution in [0.1, 0.15) is 38.3 Å². The van der Waals surface area contributed by atoms with Crippen LogP contribution in [-0.2, 0) is 26.2 Å². The van der Waals surface area contributed by atoms with Crippen LogP contribution >= 0.6 is 11.6 Å². The van der Waals surface area contributed by atoms with Crippen LogP contribution in [0.5, 0.6) is 17.2 Å². The predicted molar refractivity (Wildman–Crippen MR) is 171 cm³/mol. The molecule has 0 saturated carbocycles. The second kappa shape index (κ2) is 15.2. The molecule has 3 aromatic carbocycles. The molecular formula is C32H40ClN3O7S. The van der Waals surface area contributed by atoms with Gasteiger partial charge >= 0.3 is 0 Å². The van der Waals surface area contributed by atoms with Gasteiger partial charge in [-0.1, -0.05) is 42.8 Å². The zero-order chi connectivity index (χ0) is 32.6. The van der Waals surface area contributed by atoms with Crippen molar-refractivity contribution < 1.29 is 32.2 Å². The van der Waals surface area contributed by atoms with Crippen LogP contribution in [0, 0.1) is 6.92 Å². The Morgan fingerprint density at radius 3 is 2.14 bits per heavy atom. The molecule has 0 aromatic heterocycles. The molecule has 0 fully saturated rings. The van der Waals surface area contributed by atoms with Crippen LogP contribution in [0.15, 0.2) is 65.6 Å². The standard InChI is InChI=1S/C32H40ClN3O7S/c1-8-26(32(38)34-21(2)3)35(19-23-12-10-9-11-22(23)4)31(37)20-36(27-17-24(33)13-15-28(27)41-5)44(39,40)25-14-16-29(42-6)30(18-25)43-7/h9-18,21,26H,8,19-20H2,1-7H3,(H,34,38). The number of aryl methyl sites for hydroxylation is 1. The smallest absolute Gasteiger partial charge is 0.265 e. The third-order valence-electron chi connectivity index (χ3n) is 7.05. The minimum atomic E-state index is -4.43. The Morgan fingerprint density at radius 2 is 1.55 bits per heavy atom. The number of carbonyl (C=O) groups excluding carboxylic acids is 2. The topological polar surface area (TPSA) is 114 Å². The molecule has 10 nitrogen and oxygen atoms in total. The zero-order valence-corrected chi connectivity index (χ0v) is 27.7. The molecule has 0 bridgehead atoms. The molecule has 0 aliphatic heterocycles. The van der Waals surface area contributed by atoms with E-state index in [4.69, 9.17) is 25.8 Å². The van der Waals surface area contributed by atoms with E-state index in [2.05, 4.69) is 5.32 Å². The van der Waals surface area contributed by atoms with Crippen LogP contribution in [0.3, 0.4) is 0 Å². The van der Waals surface area contributed by atoms with Gasteiger partial charge in [0.1, 0.15) is 18.3 Å². The monoisotopic (exact) mass is 645 g/mol. The van der Waals surface area contributed by atoms with Gasteiger partial charge in [0.15, 0.2) is 11.5 Å². The Kier molecular flexibility index (Phi) is 11.9. The number of hydrogen-bond acceptors (Lipinski definition) is 7. The summed E-state index contributed by atoms with van der Waals surface area (Å²) in [6.45, 7) is 6.83. The number of ether oxygens (including phenoxy) is 3. The van der Waals surface area contributed by atoms with Gasteiger partial charge in [-0.05, 0) is 68.7 Å². The van der Waals surface area contributed by atoms with Gasteiger partial charge in [0, 0.05) is 23.7 Å². The minimum Gasteiger partial charge on any atom is -0.495 e. The highest BCUT2D eigenvalue weighted by Gasteiger charge is 2.35. The van der Waals surface area contributed by atoms with Crippen molar-refractivity contribution in [3.63, 3.8) is 0 Å². The maximum atomic E-state index is 14.4. The molecule has 2 amide bonds. The van der Waals surface area contributed by atoms with Crippen LogP contribution in [0.2, 0.25) is 5.02 Å². The van der Waals surface area contributed by atoms with Gasteiger partial charge in [0.25, 0.3) is 10.0 Å². The molecule has 0 aliphatic carbocycles. The molecule has 0 saturated heterocycles. The first-order valence-electron chi connectivity index (χ1n) is 14.1. The molecule has 1 N–H and O–H groups in total. The summed E-state index contributed by atoms with van der Waals surface area (Å²) in [6.07, 6.45) is 0.305. The molecule has 238 valence electrons. The summed E-state index contributed by atoms with van der Waals surface area (Å²) in [5.74, 6) is -0.221. The summed E-state index contributed by atoms with van der Waals surface area (Å²) in [5.41, 5.74) is 1.81. The summed E-state index contributed by atoms with van der Waals surface area (Å²) in [6, 6.07) is 15.1. The number of sulfonamides is 1. The van der Waals surface area contributed by atoms with Crippen LogP contribution in [0.4, 0.5) is 5.69 Å². The highest BCUT2D eigenvalue weighted by Crippen LogP contribution is 2.37. The van der Waals surface area contributed by atoms with E-state index in [1.165, 1.54) is 56.6 Å². The summed E-state index contributed by atoms with van der Waals surface area (Å²) in [4.78, 5) is 29.0. The SMILES string of the molecule is CCC(C(=O)NC(C)C)N(Cc1ccccc1C)C(=O)CN(c1cc(Cl)ccc1OC)S(=O)(=O)c1ccc(OC)c(OC)c1. The van der Waals surface area contributed by atoms with Gasteiger partial charge in [-0.25, -0.2) is 8.42 Å². The number of rotatable bonds is 14. The van der Waals surface area contributed by atoms with E-state index in [9.17, 15) is 18.0 Å². The molecule has 0 heterocycles. The van der Waals surface area contributed by atoms with Gasteiger partial charge in [-0.3, -0.25) is 13.9 Å². The quantitative estimate of drug-likeness (QED) is 0.256. The van der Waals surface area contributed by atoms with E-state index >= 15 is 0 Å². The van der Waals surface area contributed by atoms with Crippen LogP contribution < -0.4 is 23.8 Å². The van der Waals surface area contributed by atoms with E-state index in [1.54, 1.807) is 13.0 Å². The second-order valence-corrected chi connectivity index (χ2v) is 12.7. The second-order valence-electron chi connectivity index (χ2n) is 10.4. The van der Waals surface area contributed by atoms with Gasteiger partial charge in [0.2, 0.25) is 11.8 Å². The fourth-order valence-corrected chi connectivity index (χ4v) is 6.35. The Balaban J connectivity index is 2.19. The number of nitrogens with one attached hydrogen (secondary N) is 1. The third kappa shape index (κ3) is 7.95. The Bertz CT molecular complexity index is 1580. The maximum Gasteiger partial charge on any atom is 0.265 e. The molecule has 0 spiro atoms. The lowest BCUT2D eigenvalue weighted by Gasteiger charge is -2.34. The van der Waals surface area contributed by atoms with Crippen molar-refractivity contribution in [3.8, 4) is 17.2 Å². The fraction of sp³-hybridized carbons (Fsp3) is 0.375. The molecule has 3 aromatic rings. The van der Waals surface area contributed by atoms with Crippen molar-refractivity contribution in [3.05, 3.63) is 76.8 Å². The molecule has 1 unspecified atom stereocenters. The van der Waals surface area contributed by atoms with Gasteiger partial charge < -0.3 is 24.4 Å². The average molecular weight is 646 g/mol. The molecular weight excluding hydrogens is 606 g/mol. The van der Waals surface area contributed by atoms with Gasteiger partial charge in [0.05, 0.1) is 31.9 Å². The highest BCUT2D eigenvalue weighted by atomic mass is 35.5. The summed E-state index contributed by atoms with van der Waals surface area (Å²) >= 11 is 6.33. The molecule has 0 aliphatic rings. The normalized spacial score (nSPS) is 11.9. The highest BCUT2D eigenvalue weighted by molar-refractivity contribution is 7.92. The fourth-order valence-electron chi connectivity index (χ4n) is 4.75. The summed E-state index contributed by atoms with van der Waals surface area (Å²) in [7, 11) is -0.203. The number of methoxy groups -OCH3 is 3. The van der Waals surface area contributed by atoms with E-state index < -0.39 is 28.5 Å². The van der Waals surface area contributed by atoms with Crippen molar-refractivity contribution in [2.45, 2.75) is 57.6 Å². The maximum absolute atomic E-state index is 14.4. The van der Waals surface area contributed by atoms with Crippen molar-refractivity contribution in [2.24, 2.45) is 0 Å². The van der Waals surface area contributed by atoms with Crippen molar-refractivity contribution in [1.82, 2.24) is 10.2 Å². The zero-order valence-electron chi connectivity index (χ0n) is 26.1. The molecule has 3 rings (SSSR count). The van der Waals surface area contributed by atoms with Crippen molar-refractivity contribution in [2.75, 3.05) is 32.2 Å². The lowest BCUT2D eigenvalue weighted by Crippen LogP contribution is -2.53. The largest absolute Gasteiger partial charge is 0.495 e. The van der Waals surface area contributed by atoms with E-state index in [-0.39, 0.29) is 45.6 Å². The van der Waals surface area contributed by atoms with E-state index in [1.807, 2.05) is 45.0 Å². The molecule has 12 heteroatoms. The van der Waals surface area contributed by atoms with Gasteiger partial charge in [-0.2, -0.15) is 0 Å². The minimum absolute atomic E-state index is 0.0543. The molecule has 0 radical (unpaired) electrons. The number of amides is 2. The first kappa shape index (κ1) is 34.5. The molecule has 44 heavy (non-hydrogen) atoms. The Hall–Kier alpha value is -3.96. The van der Waals surface area contributed by atoms with Crippen molar-refractivity contribution in [1.29, 1.82) is 0 Å². The lowest BCUT2D eigenvalue weighted by molar-refractivity contribution is -0.140. The van der Waals surface area contributed by atoms with Crippen molar-refractivity contribution >= 4 is 39.1 Å². The Labute approximate surface area is 264 Å². The number of hydrogen-bond donors (Lipinski definition) is 1. The van der Waals surface area contributed by atoms with E-state index in [0.29, 0.717) is 12.2 Å². The first-order valence-corrected chi connectivity index (χ1v) is 15.9. The van der Waals surface area contributed by atoms with E-state index in [0.717, 1.165) is 15.4 Å². The van der Waals surface area contributed by atoms with Crippen LogP contribution in [0.25, 0.3) is 0 Å². The number of nitrogens with zero attached hydrogens (tertiary/aromatic N) is 2. The predicted octanol–water partition coefficient (Wildman–Crippen LogP) is 5.20. The average Bonchev–Trinajstić information content (AvgIpc) is 2.99. The number of halogens is 1. The molecule has 1 atom stereocenters. The lowest BCUT2D eigenvalue weighted by atomic mass is 10.1. The first-order chi connectivity index (χ1) is 20.9. The number of carbonyl (C=O) groups is 2. The van der Waals surface area contributed by atoms with Gasteiger partial charge in [-0.15, -0.1) is 0 Å². The van der Waals surface area contributed by atoms with Crippen LogP contribution in [-0.4, -0.2) is 65.1 Å². The summed E-state index contributed by atoms with van der Waals surface area (Å²) < 4.78 is 45.8.